The van der Waals surface area contributed by atoms with Crippen molar-refractivity contribution >= 4 is 11.4 Å². The molecule has 1 aromatic carbocycles. The molecule has 14 heavy (non-hydrogen) atoms. The second kappa shape index (κ2) is 4.81. The van der Waals surface area contributed by atoms with Gasteiger partial charge in [-0.1, -0.05) is 6.92 Å². The number of nitrogens with one attached hydrogen (secondary N) is 1. The van der Waals surface area contributed by atoms with E-state index in [0.29, 0.717) is 17.9 Å². The van der Waals surface area contributed by atoms with Crippen molar-refractivity contribution in [3.8, 4) is 0 Å². The summed E-state index contributed by atoms with van der Waals surface area (Å²) in [7, 11) is 0. The topological polar surface area (TPSA) is 58.3 Å². The maximum Gasteiger partial charge on any atom is 0.148 e. The summed E-state index contributed by atoms with van der Waals surface area (Å²) in [4.78, 5) is 0. The summed E-state index contributed by atoms with van der Waals surface area (Å²) < 4.78 is 13.2. The number of aliphatic hydroxyl groups excluding tert-OH is 1. The summed E-state index contributed by atoms with van der Waals surface area (Å²) in [5.41, 5.74) is 6.22. The largest absolute Gasteiger partial charge is 0.399 e. The molecule has 0 saturated carbocycles. The zero-order valence-corrected chi connectivity index (χ0v) is 8.13. The van der Waals surface area contributed by atoms with Crippen molar-refractivity contribution < 1.29 is 9.50 Å². The molecule has 1 unspecified atom stereocenters. The molecule has 78 valence electrons. The van der Waals surface area contributed by atoms with E-state index in [-0.39, 0.29) is 18.3 Å². The third-order valence-corrected chi connectivity index (χ3v) is 1.95. The molecule has 4 heteroatoms. The van der Waals surface area contributed by atoms with Crippen molar-refractivity contribution in [2.75, 3.05) is 24.2 Å². The average molecular weight is 198 g/mol. The lowest BCUT2D eigenvalue weighted by molar-refractivity contribution is 0.244. The van der Waals surface area contributed by atoms with Crippen LogP contribution < -0.4 is 11.1 Å². The summed E-state index contributed by atoms with van der Waals surface area (Å²) in [6.45, 7) is 2.50. The first-order valence-corrected chi connectivity index (χ1v) is 4.53. The molecular formula is C10H15FN2O. The van der Waals surface area contributed by atoms with E-state index >= 15 is 0 Å². The van der Waals surface area contributed by atoms with Gasteiger partial charge in [0.15, 0.2) is 0 Å². The fraction of sp³-hybridized carbons (Fsp3) is 0.400. The molecule has 0 saturated heterocycles. The van der Waals surface area contributed by atoms with E-state index in [1.54, 1.807) is 12.1 Å². The van der Waals surface area contributed by atoms with Gasteiger partial charge in [-0.25, -0.2) is 4.39 Å². The number of hydrogen-bond acceptors (Lipinski definition) is 3. The number of anilines is 2. The van der Waals surface area contributed by atoms with Gasteiger partial charge < -0.3 is 16.2 Å². The highest BCUT2D eigenvalue weighted by atomic mass is 19.1. The maximum absolute atomic E-state index is 13.2. The van der Waals surface area contributed by atoms with Crippen LogP contribution in [0, 0.1) is 11.7 Å². The van der Waals surface area contributed by atoms with Crippen LogP contribution in [0.1, 0.15) is 6.92 Å². The lowest BCUT2D eigenvalue weighted by atomic mass is 10.2. The molecule has 4 N–H and O–H groups in total. The lowest BCUT2D eigenvalue weighted by Crippen LogP contribution is -2.15. The minimum Gasteiger partial charge on any atom is -0.399 e. The molecular weight excluding hydrogens is 183 g/mol. The molecule has 0 spiro atoms. The molecule has 1 rings (SSSR count). The first-order chi connectivity index (χ1) is 6.63. The normalized spacial score (nSPS) is 12.5. The lowest BCUT2D eigenvalue weighted by Gasteiger charge is -2.11. The molecule has 0 bridgehead atoms. The van der Waals surface area contributed by atoms with Gasteiger partial charge in [0.1, 0.15) is 5.82 Å². The zero-order valence-electron chi connectivity index (χ0n) is 8.13. The van der Waals surface area contributed by atoms with Gasteiger partial charge in [-0.15, -0.1) is 0 Å². The van der Waals surface area contributed by atoms with Crippen LogP contribution in [0.15, 0.2) is 18.2 Å². The summed E-state index contributed by atoms with van der Waals surface area (Å²) in [6.07, 6.45) is 0. The van der Waals surface area contributed by atoms with Crippen LogP contribution in [0.5, 0.6) is 0 Å². The van der Waals surface area contributed by atoms with Gasteiger partial charge in [0, 0.05) is 18.8 Å². The van der Waals surface area contributed by atoms with Crippen molar-refractivity contribution in [1.29, 1.82) is 0 Å². The number of nitrogens with two attached hydrogens (primary N) is 1. The minimum atomic E-state index is -0.366. The Morgan fingerprint density at radius 3 is 2.86 bits per heavy atom. The quantitative estimate of drug-likeness (QED) is 0.642. The molecule has 0 radical (unpaired) electrons. The molecule has 0 heterocycles. The Morgan fingerprint density at radius 2 is 2.29 bits per heavy atom. The van der Waals surface area contributed by atoms with Gasteiger partial charge in [-0.2, -0.15) is 0 Å². The van der Waals surface area contributed by atoms with Crippen molar-refractivity contribution in [2.45, 2.75) is 6.92 Å². The standard InChI is InChI=1S/C10H15FN2O/c1-7(6-14)5-13-10-3-2-8(12)4-9(10)11/h2-4,7,13-14H,5-6,12H2,1H3. The van der Waals surface area contributed by atoms with Crippen LogP contribution >= 0.6 is 0 Å². The van der Waals surface area contributed by atoms with Gasteiger partial charge in [-0.3, -0.25) is 0 Å². The SMILES string of the molecule is CC(CO)CNc1ccc(N)cc1F. The van der Waals surface area contributed by atoms with E-state index in [2.05, 4.69) is 5.32 Å². The highest BCUT2D eigenvalue weighted by Crippen LogP contribution is 2.16. The smallest absolute Gasteiger partial charge is 0.148 e. The number of benzene rings is 1. The zero-order chi connectivity index (χ0) is 10.6. The number of halogens is 1. The molecule has 0 aromatic heterocycles. The van der Waals surface area contributed by atoms with Crippen molar-refractivity contribution in [3.63, 3.8) is 0 Å². The molecule has 0 aliphatic heterocycles. The third kappa shape index (κ3) is 2.88. The van der Waals surface area contributed by atoms with E-state index in [1.807, 2.05) is 6.92 Å². The molecule has 1 atom stereocenters. The fourth-order valence-electron chi connectivity index (χ4n) is 1.02. The number of rotatable bonds is 4. The number of aliphatic hydroxyl groups is 1. The number of hydrogen-bond donors (Lipinski definition) is 3. The van der Waals surface area contributed by atoms with Gasteiger partial charge in [-0.05, 0) is 24.1 Å². The second-order valence-electron chi connectivity index (χ2n) is 3.41. The van der Waals surface area contributed by atoms with Crippen LogP contribution in [0.3, 0.4) is 0 Å². The molecule has 3 nitrogen and oxygen atoms in total. The van der Waals surface area contributed by atoms with Gasteiger partial charge in [0.2, 0.25) is 0 Å². The Morgan fingerprint density at radius 1 is 1.57 bits per heavy atom. The van der Waals surface area contributed by atoms with Gasteiger partial charge in [0.05, 0.1) is 5.69 Å². The Balaban J connectivity index is 2.59. The van der Waals surface area contributed by atoms with E-state index in [9.17, 15) is 4.39 Å². The van der Waals surface area contributed by atoms with Crippen molar-refractivity contribution in [1.82, 2.24) is 0 Å². The highest BCUT2D eigenvalue weighted by molar-refractivity contribution is 5.52. The molecule has 0 aliphatic carbocycles. The van der Waals surface area contributed by atoms with Gasteiger partial charge >= 0.3 is 0 Å². The molecule has 0 amide bonds. The Labute approximate surface area is 82.7 Å². The summed E-state index contributed by atoms with van der Waals surface area (Å²) in [6, 6.07) is 4.50. The van der Waals surface area contributed by atoms with E-state index in [4.69, 9.17) is 10.8 Å². The Kier molecular flexibility index (Phi) is 3.71. The average Bonchev–Trinajstić information content (AvgIpc) is 2.16. The number of nitrogen functional groups attached to an aromatic ring is 1. The first kappa shape index (κ1) is 10.8. The summed E-state index contributed by atoms with van der Waals surface area (Å²) in [5.74, 6) is -0.262. The van der Waals surface area contributed by atoms with E-state index < -0.39 is 0 Å². The molecule has 1 aromatic rings. The minimum absolute atomic E-state index is 0.0869. The van der Waals surface area contributed by atoms with Crippen LogP contribution in [0.25, 0.3) is 0 Å². The summed E-state index contributed by atoms with van der Waals surface area (Å²) in [5, 5.41) is 11.7. The van der Waals surface area contributed by atoms with Crippen LogP contribution in [-0.2, 0) is 0 Å². The second-order valence-corrected chi connectivity index (χ2v) is 3.41. The Hall–Kier alpha value is -1.29. The predicted molar refractivity (Wildman–Crippen MR) is 55.6 cm³/mol. The van der Waals surface area contributed by atoms with E-state index in [0.717, 1.165) is 0 Å². The fourth-order valence-corrected chi connectivity index (χ4v) is 1.02. The highest BCUT2D eigenvalue weighted by Gasteiger charge is 2.04. The van der Waals surface area contributed by atoms with E-state index in [1.165, 1.54) is 6.07 Å². The molecule has 0 aliphatic rings. The van der Waals surface area contributed by atoms with Crippen molar-refractivity contribution in [2.24, 2.45) is 5.92 Å². The summed E-state index contributed by atoms with van der Waals surface area (Å²) >= 11 is 0. The predicted octanol–water partition coefficient (Wildman–Crippen LogP) is 1.45. The van der Waals surface area contributed by atoms with Crippen LogP contribution in [0.4, 0.5) is 15.8 Å². The van der Waals surface area contributed by atoms with Gasteiger partial charge in [0.25, 0.3) is 0 Å². The van der Waals surface area contributed by atoms with Crippen LogP contribution in [-0.4, -0.2) is 18.3 Å². The maximum atomic E-state index is 13.2. The monoisotopic (exact) mass is 198 g/mol. The Bertz CT molecular complexity index is 304. The third-order valence-electron chi connectivity index (χ3n) is 1.95. The van der Waals surface area contributed by atoms with Crippen LogP contribution in [0.2, 0.25) is 0 Å². The van der Waals surface area contributed by atoms with Crippen molar-refractivity contribution in [3.05, 3.63) is 24.0 Å². The molecule has 0 fully saturated rings. The first-order valence-electron chi connectivity index (χ1n) is 4.53.